The van der Waals surface area contributed by atoms with E-state index in [-0.39, 0.29) is 5.02 Å². The highest BCUT2D eigenvalue weighted by Crippen LogP contribution is 2.26. The molecule has 0 radical (unpaired) electrons. The van der Waals surface area contributed by atoms with Gasteiger partial charge >= 0.3 is 0 Å². The number of hydrogen-bond acceptors (Lipinski definition) is 1. The Balaban J connectivity index is 2.33. The van der Waals surface area contributed by atoms with E-state index in [0.29, 0.717) is 16.1 Å². The van der Waals surface area contributed by atoms with E-state index < -0.39 is 11.9 Å². The van der Waals surface area contributed by atoms with E-state index in [9.17, 15) is 9.50 Å². The smallest absolute Gasteiger partial charge is 0.141 e. The molecule has 2 aromatic rings. The minimum atomic E-state index is -0.842. The summed E-state index contributed by atoms with van der Waals surface area (Å²) < 4.78 is 13.0. The number of hydrogen-bond donors (Lipinski definition) is 1. The maximum absolute atomic E-state index is 13.0. The van der Waals surface area contributed by atoms with Gasteiger partial charge < -0.3 is 5.11 Å². The van der Waals surface area contributed by atoms with Crippen LogP contribution in [0.25, 0.3) is 0 Å². The normalized spacial score (nSPS) is 12.5. The molecule has 1 atom stereocenters. The van der Waals surface area contributed by atoms with E-state index in [0.717, 1.165) is 0 Å². The van der Waals surface area contributed by atoms with Crippen molar-refractivity contribution in [1.29, 1.82) is 0 Å². The third-order valence-electron chi connectivity index (χ3n) is 2.45. The molecule has 0 aliphatic carbocycles. The van der Waals surface area contributed by atoms with Gasteiger partial charge in [0.15, 0.2) is 0 Å². The molecule has 0 aromatic heterocycles. The predicted octanol–water partition coefficient (Wildman–Crippen LogP) is 4.21. The Kier molecular flexibility index (Phi) is 3.67. The average molecular weight is 271 g/mol. The molecule has 0 aliphatic rings. The number of halogens is 3. The highest BCUT2D eigenvalue weighted by molar-refractivity contribution is 6.31. The minimum absolute atomic E-state index is 0.00415. The molecule has 1 N–H and O–H groups in total. The summed E-state index contributed by atoms with van der Waals surface area (Å²) in [4.78, 5) is 0. The van der Waals surface area contributed by atoms with E-state index in [2.05, 4.69) is 0 Å². The van der Waals surface area contributed by atoms with Gasteiger partial charge in [-0.05, 0) is 35.4 Å². The Morgan fingerprint density at radius 3 is 2.12 bits per heavy atom. The van der Waals surface area contributed by atoms with Gasteiger partial charge in [0.2, 0.25) is 0 Å². The van der Waals surface area contributed by atoms with Crippen molar-refractivity contribution in [2.45, 2.75) is 6.10 Å². The summed E-state index contributed by atoms with van der Waals surface area (Å²) in [7, 11) is 0. The summed E-state index contributed by atoms with van der Waals surface area (Å²) in [6.07, 6.45) is -0.842. The minimum Gasteiger partial charge on any atom is -0.384 e. The summed E-state index contributed by atoms with van der Waals surface area (Å²) in [5.74, 6) is -0.501. The number of benzene rings is 2. The first-order valence-electron chi connectivity index (χ1n) is 4.96. The topological polar surface area (TPSA) is 20.2 Å². The summed E-state index contributed by atoms with van der Waals surface area (Å²) in [6.45, 7) is 0. The molecule has 0 amide bonds. The van der Waals surface area contributed by atoms with Crippen LogP contribution in [0.15, 0.2) is 42.5 Å². The number of aliphatic hydroxyl groups excluding tert-OH is 1. The zero-order chi connectivity index (χ0) is 12.4. The average Bonchev–Trinajstić information content (AvgIpc) is 2.33. The Morgan fingerprint density at radius 1 is 0.941 bits per heavy atom. The Hall–Kier alpha value is -1.09. The molecule has 2 aromatic carbocycles. The van der Waals surface area contributed by atoms with Crippen molar-refractivity contribution in [2.75, 3.05) is 0 Å². The van der Waals surface area contributed by atoms with Crippen LogP contribution in [0.2, 0.25) is 10.0 Å². The molecule has 0 unspecified atom stereocenters. The summed E-state index contributed by atoms with van der Waals surface area (Å²) in [6, 6.07) is 10.9. The first-order chi connectivity index (χ1) is 8.08. The van der Waals surface area contributed by atoms with E-state index in [1.165, 1.54) is 18.2 Å². The van der Waals surface area contributed by atoms with Crippen LogP contribution in [0.3, 0.4) is 0 Å². The lowest BCUT2D eigenvalue weighted by Crippen LogP contribution is -1.99. The summed E-state index contributed by atoms with van der Waals surface area (Å²) in [5.41, 5.74) is 1.22. The highest BCUT2D eigenvalue weighted by atomic mass is 35.5. The van der Waals surface area contributed by atoms with Gasteiger partial charge in [-0.15, -0.1) is 0 Å². The van der Waals surface area contributed by atoms with Crippen LogP contribution >= 0.6 is 23.2 Å². The molecule has 1 nitrogen and oxygen atoms in total. The zero-order valence-electron chi connectivity index (χ0n) is 8.70. The van der Waals surface area contributed by atoms with Crippen LogP contribution in [-0.2, 0) is 0 Å². The van der Waals surface area contributed by atoms with Crippen molar-refractivity contribution in [3.8, 4) is 0 Å². The summed E-state index contributed by atoms with van der Waals surface area (Å²) >= 11 is 11.4. The fourth-order valence-electron chi connectivity index (χ4n) is 1.52. The second-order valence-electron chi connectivity index (χ2n) is 3.63. The van der Waals surface area contributed by atoms with Crippen LogP contribution in [0, 0.1) is 5.82 Å². The van der Waals surface area contributed by atoms with E-state index in [1.807, 2.05) is 0 Å². The van der Waals surface area contributed by atoms with Crippen LogP contribution in [0.1, 0.15) is 17.2 Å². The quantitative estimate of drug-likeness (QED) is 0.867. The van der Waals surface area contributed by atoms with Crippen molar-refractivity contribution >= 4 is 23.2 Å². The SMILES string of the molecule is O[C@H](c1ccc(Cl)cc1)c1ccc(F)c(Cl)c1. The lowest BCUT2D eigenvalue weighted by Gasteiger charge is -2.12. The molecule has 0 saturated carbocycles. The molecule has 0 bridgehead atoms. The van der Waals surface area contributed by atoms with E-state index in [1.54, 1.807) is 24.3 Å². The number of rotatable bonds is 2. The van der Waals surface area contributed by atoms with Gasteiger partial charge in [-0.25, -0.2) is 4.39 Å². The lowest BCUT2D eigenvalue weighted by atomic mass is 10.0. The lowest BCUT2D eigenvalue weighted by molar-refractivity contribution is 0.220. The first kappa shape index (κ1) is 12.4. The Bertz CT molecular complexity index is 525. The molecule has 2 rings (SSSR count). The van der Waals surface area contributed by atoms with Crippen LogP contribution in [0.4, 0.5) is 4.39 Å². The van der Waals surface area contributed by atoms with Gasteiger partial charge in [0, 0.05) is 5.02 Å². The second-order valence-corrected chi connectivity index (χ2v) is 4.47. The maximum Gasteiger partial charge on any atom is 0.141 e. The Morgan fingerprint density at radius 2 is 1.53 bits per heavy atom. The molecule has 88 valence electrons. The maximum atomic E-state index is 13.0. The Labute approximate surface area is 108 Å². The van der Waals surface area contributed by atoms with Gasteiger partial charge in [-0.3, -0.25) is 0 Å². The van der Waals surface area contributed by atoms with Crippen LogP contribution in [-0.4, -0.2) is 5.11 Å². The molecule has 17 heavy (non-hydrogen) atoms. The molecule has 4 heteroatoms. The highest BCUT2D eigenvalue weighted by Gasteiger charge is 2.12. The molecular formula is C13H9Cl2FO. The van der Waals surface area contributed by atoms with Crippen LogP contribution in [0.5, 0.6) is 0 Å². The first-order valence-corrected chi connectivity index (χ1v) is 5.72. The fraction of sp³-hybridized carbons (Fsp3) is 0.0769. The van der Waals surface area contributed by atoms with Gasteiger partial charge in [-0.2, -0.15) is 0 Å². The zero-order valence-corrected chi connectivity index (χ0v) is 10.2. The van der Waals surface area contributed by atoms with Crippen LogP contribution < -0.4 is 0 Å². The van der Waals surface area contributed by atoms with E-state index in [4.69, 9.17) is 23.2 Å². The third-order valence-corrected chi connectivity index (χ3v) is 2.99. The van der Waals surface area contributed by atoms with Crippen molar-refractivity contribution in [1.82, 2.24) is 0 Å². The number of aliphatic hydroxyl groups is 1. The van der Waals surface area contributed by atoms with Crippen molar-refractivity contribution < 1.29 is 9.50 Å². The predicted molar refractivity (Wildman–Crippen MR) is 66.9 cm³/mol. The largest absolute Gasteiger partial charge is 0.384 e. The molecular weight excluding hydrogens is 262 g/mol. The van der Waals surface area contributed by atoms with E-state index >= 15 is 0 Å². The van der Waals surface area contributed by atoms with Gasteiger partial charge in [0.05, 0.1) is 5.02 Å². The monoisotopic (exact) mass is 270 g/mol. The third kappa shape index (κ3) is 2.78. The van der Waals surface area contributed by atoms with Crippen molar-refractivity contribution in [2.24, 2.45) is 0 Å². The van der Waals surface area contributed by atoms with Gasteiger partial charge in [-0.1, -0.05) is 41.4 Å². The van der Waals surface area contributed by atoms with Gasteiger partial charge in [0.1, 0.15) is 11.9 Å². The van der Waals surface area contributed by atoms with Crippen molar-refractivity contribution in [3.63, 3.8) is 0 Å². The molecule has 0 heterocycles. The van der Waals surface area contributed by atoms with Gasteiger partial charge in [0.25, 0.3) is 0 Å². The molecule has 0 saturated heterocycles. The second kappa shape index (κ2) is 5.05. The standard InChI is InChI=1S/C13H9Cl2FO/c14-10-4-1-8(2-5-10)13(17)9-3-6-12(16)11(15)7-9/h1-7,13,17H/t13-/m1/s1. The molecule has 0 fully saturated rings. The van der Waals surface area contributed by atoms with Crippen molar-refractivity contribution in [3.05, 3.63) is 69.5 Å². The fourth-order valence-corrected chi connectivity index (χ4v) is 1.83. The summed E-state index contributed by atoms with van der Waals surface area (Å²) in [5, 5.41) is 10.7. The molecule has 0 spiro atoms. The molecule has 0 aliphatic heterocycles.